The molecule has 2 atom stereocenters. The Morgan fingerprint density at radius 3 is 1.89 bits per heavy atom. The Kier molecular flexibility index (Phi) is 10.5. The number of hydrogen-bond donors (Lipinski definition) is 2. The summed E-state index contributed by atoms with van der Waals surface area (Å²) in [5, 5.41) is 14.2. The van der Waals surface area contributed by atoms with Crippen LogP contribution >= 0.6 is 0 Å². The summed E-state index contributed by atoms with van der Waals surface area (Å²) in [4.78, 5) is 47.0. The molecule has 0 radical (unpaired) electrons. The summed E-state index contributed by atoms with van der Waals surface area (Å²) >= 11 is 0. The monoisotopic (exact) mass is 551 g/mol. The molecule has 16 heteroatoms. The smallest absolute Gasteiger partial charge is 0.475 e. The van der Waals surface area contributed by atoms with Gasteiger partial charge in [-0.15, -0.1) is 0 Å². The van der Waals surface area contributed by atoms with Crippen LogP contribution in [0.1, 0.15) is 22.5 Å². The fourth-order valence-corrected chi connectivity index (χ4v) is 3.90. The van der Waals surface area contributed by atoms with Crippen LogP contribution in [-0.4, -0.2) is 91.3 Å². The molecule has 38 heavy (non-hydrogen) atoms. The van der Waals surface area contributed by atoms with Crippen molar-refractivity contribution in [2.75, 3.05) is 26.2 Å². The number of hydrogen-bond acceptors (Lipinski definition) is 7. The van der Waals surface area contributed by atoms with Crippen molar-refractivity contribution < 1.29 is 50.9 Å². The SMILES string of the molecule is O=C(O)C(F)(F)F.O=C(O)C(F)(F)F.O=C(c1cnccn1)N1CC[C@@H]2CN(Cc3ccncc3)C[C@@H]2C1. The number of pyridine rings is 1. The molecule has 0 bridgehead atoms. The Labute approximate surface area is 211 Å². The van der Waals surface area contributed by atoms with Gasteiger partial charge in [-0.25, -0.2) is 14.6 Å². The number of piperidine rings is 1. The predicted molar refractivity (Wildman–Crippen MR) is 116 cm³/mol. The summed E-state index contributed by atoms with van der Waals surface area (Å²) in [6.45, 7) is 4.79. The molecule has 0 unspecified atom stereocenters. The van der Waals surface area contributed by atoms with Gasteiger partial charge in [-0.2, -0.15) is 26.3 Å². The fraction of sp³-hybridized carbons (Fsp3) is 0.455. The van der Waals surface area contributed by atoms with E-state index in [0.717, 1.165) is 39.1 Å². The van der Waals surface area contributed by atoms with Crippen molar-refractivity contribution in [3.63, 3.8) is 0 Å². The molecule has 2 aliphatic heterocycles. The second-order valence-electron chi connectivity index (χ2n) is 8.31. The van der Waals surface area contributed by atoms with Gasteiger partial charge in [-0.3, -0.25) is 19.7 Å². The number of likely N-dealkylation sites (tertiary alicyclic amines) is 2. The minimum Gasteiger partial charge on any atom is -0.475 e. The minimum atomic E-state index is -5.08. The molecule has 2 aliphatic rings. The molecule has 4 rings (SSSR count). The molecule has 2 N–H and O–H groups in total. The van der Waals surface area contributed by atoms with Crippen LogP contribution in [0.4, 0.5) is 26.3 Å². The highest BCUT2D eigenvalue weighted by atomic mass is 19.4. The van der Waals surface area contributed by atoms with Gasteiger partial charge in [-0.1, -0.05) is 0 Å². The standard InChI is InChI=1S/C18H21N5O.2C2HF3O2/c24-18(17-9-20-6-7-21-17)23-8-3-15-11-22(12-16(15)13-23)10-14-1-4-19-5-2-14;2*3-2(4,5)1(6)7/h1-2,4-7,9,15-16H,3,8,10-13H2;2*(H,6,7)/t15-,16-;;/m1../s1. The summed E-state index contributed by atoms with van der Waals surface area (Å²) in [6, 6.07) is 4.15. The Hall–Kier alpha value is -3.82. The van der Waals surface area contributed by atoms with E-state index in [-0.39, 0.29) is 5.91 Å². The number of rotatable bonds is 3. The van der Waals surface area contributed by atoms with Crippen molar-refractivity contribution in [3.8, 4) is 0 Å². The van der Waals surface area contributed by atoms with E-state index in [1.807, 2.05) is 17.3 Å². The van der Waals surface area contributed by atoms with Crippen LogP contribution < -0.4 is 0 Å². The topological polar surface area (TPSA) is 137 Å². The molecule has 1 amide bonds. The number of amides is 1. The van der Waals surface area contributed by atoms with E-state index in [2.05, 4.69) is 32.0 Å². The molecule has 2 saturated heterocycles. The van der Waals surface area contributed by atoms with Crippen LogP contribution in [0.2, 0.25) is 0 Å². The zero-order chi connectivity index (χ0) is 28.5. The lowest BCUT2D eigenvalue weighted by molar-refractivity contribution is -0.193. The number of carbonyl (C=O) groups excluding carboxylic acids is 1. The Morgan fingerprint density at radius 2 is 1.39 bits per heavy atom. The van der Waals surface area contributed by atoms with Crippen LogP contribution in [0.3, 0.4) is 0 Å². The largest absolute Gasteiger partial charge is 0.490 e. The van der Waals surface area contributed by atoms with E-state index in [1.54, 1.807) is 18.6 Å². The maximum absolute atomic E-state index is 12.6. The highest BCUT2D eigenvalue weighted by Gasteiger charge is 2.39. The second-order valence-corrected chi connectivity index (χ2v) is 8.31. The number of aliphatic carboxylic acids is 2. The van der Waals surface area contributed by atoms with Crippen LogP contribution in [0.15, 0.2) is 43.1 Å². The van der Waals surface area contributed by atoms with Gasteiger partial charge in [-0.05, 0) is 36.0 Å². The average Bonchev–Trinajstić information content (AvgIpc) is 3.26. The van der Waals surface area contributed by atoms with Crippen molar-refractivity contribution >= 4 is 17.8 Å². The van der Waals surface area contributed by atoms with Crippen molar-refractivity contribution in [2.45, 2.75) is 25.3 Å². The van der Waals surface area contributed by atoms with Crippen molar-refractivity contribution in [3.05, 3.63) is 54.4 Å². The molecule has 4 heterocycles. The first kappa shape index (κ1) is 30.4. The zero-order valence-electron chi connectivity index (χ0n) is 19.6. The average molecular weight is 551 g/mol. The molecule has 2 aromatic rings. The first-order valence-electron chi connectivity index (χ1n) is 10.9. The lowest BCUT2D eigenvalue weighted by Gasteiger charge is -2.34. The quantitative estimate of drug-likeness (QED) is 0.552. The van der Waals surface area contributed by atoms with Crippen LogP contribution in [0, 0.1) is 11.8 Å². The third-order valence-corrected chi connectivity index (χ3v) is 5.59. The number of alkyl halides is 6. The lowest BCUT2D eigenvalue weighted by Crippen LogP contribution is -2.43. The van der Waals surface area contributed by atoms with Crippen LogP contribution in [0.5, 0.6) is 0 Å². The molecule has 0 aliphatic carbocycles. The van der Waals surface area contributed by atoms with Crippen LogP contribution in [0.25, 0.3) is 0 Å². The maximum Gasteiger partial charge on any atom is 0.490 e. The lowest BCUT2D eigenvalue weighted by atomic mass is 9.88. The highest BCUT2D eigenvalue weighted by molar-refractivity contribution is 5.92. The number of nitrogens with zero attached hydrogens (tertiary/aromatic N) is 5. The summed E-state index contributed by atoms with van der Waals surface area (Å²) in [5.74, 6) is -4.26. The number of carbonyl (C=O) groups is 3. The Bertz CT molecular complexity index is 1050. The molecule has 10 nitrogen and oxygen atoms in total. The van der Waals surface area contributed by atoms with Gasteiger partial charge in [0.05, 0.1) is 6.20 Å². The van der Waals surface area contributed by atoms with Gasteiger partial charge >= 0.3 is 24.3 Å². The number of carboxylic acid groups (broad SMARTS) is 2. The summed E-state index contributed by atoms with van der Waals surface area (Å²) in [7, 11) is 0. The van der Waals surface area contributed by atoms with Gasteiger partial charge in [0, 0.05) is 57.5 Å². The van der Waals surface area contributed by atoms with E-state index in [9.17, 15) is 31.1 Å². The van der Waals surface area contributed by atoms with E-state index in [4.69, 9.17) is 19.8 Å². The molecule has 2 fully saturated rings. The predicted octanol–water partition coefficient (Wildman–Crippen LogP) is 2.73. The maximum atomic E-state index is 12.6. The first-order chi connectivity index (χ1) is 17.7. The third kappa shape index (κ3) is 9.57. The Balaban J connectivity index is 0.000000301. The molecule has 0 saturated carbocycles. The Morgan fingerprint density at radius 1 is 0.842 bits per heavy atom. The molecule has 2 aromatic heterocycles. The van der Waals surface area contributed by atoms with E-state index in [1.165, 1.54) is 5.56 Å². The molecule has 0 spiro atoms. The van der Waals surface area contributed by atoms with Crippen molar-refractivity contribution in [2.24, 2.45) is 11.8 Å². The number of carboxylic acids is 2. The normalized spacial score (nSPS) is 19.3. The third-order valence-electron chi connectivity index (χ3n) is 5.59. The number of halogens is 6. The molecule has 0 aromatic carbocycles. The molecular weight excluding hydrogens is 528 g/mol. The molecule has 208 valence electrons. The number of aromatic nitrogens is 3. The minimum absolute atomic E-state index is 0.00846. The van der Waals surface area contributed by atoms with E-state index < -0.39 is 24.3 Å². The fourth-order valence-electron chi connectivity index (χ4n) is 3.90. The van der Waals surface area contributed by atoms with Gasteiger partial charge in [0.2, 0.25) is 0 Å². The summed E-state index contributed by atoms with van der Waals surface area (Å²) in [6.07, 6.45) is -0.676. The second kappa shape index (κ2) is 13.1. The van der Waals surface area contributed by atoms with Crippen LogP contribution in [-0.2, 0) is 16.1 Å². The highest BCUT2D eigenvalue weighted by Crippen LogP contribution is 2.32. The van der Waals surface area contributed by atoms with Gasteiger partial charge in [0.25, 0.3) is 5.91 Å². The summed E-state index contributed by atoms with van der Waals surface area (Å²) in [5.41, 5.74) is 1.75. The molecular formula is C22H23F6N5O5. The van der Waals surface area contributed by atoms with Gasteiger partial charge < -0.3 is 15.1 Å². The van der Waals surface area contributed by atoms with Crippen molar-refractivity contribution in [1.82, 2.24) is 24.8 Å². The zero-order valence-corrected chi connectivity index (χ0v) is 19.6. The van der Waals surface area contributed by atoms with E-state index in [0.29, 0.717) is 17.5 Å². The van der Waals surface area contributed by atoms with Gasteiger partial charge in [0.1, 0.15) is 5.69 Å². The number of fused-ring (bicyclic) bond motifs is 1. The summed E-state index contributed by atoms with van der Waals surface area (Å²) < 4.78 is 63.5. The first-order valence-corrected chi connectivity index (χ1v) is 10.9. The van der Waals surface area contributed by atoms with E-state index >= 15 is 0 Å². The van der Waals surface area contributed by atoms with Gasteiger partial charge in [0.15, 0.2) is 0 Å². The van der Waals surface area contributed by atoms with Crippen molar-refractivity contribution in [1.29, 1.82) is 0 Å².